The normalized spacial score (nSPS) is 10.9. The summed E-state index contributed by atoms with van der Waals surface area (Å²) in [5.41, 5.74) is 2.54. The molecule has 90 valence electrons. The molecule has 0 heterocycles. The lowest BCUT2D eigenvalue weighted by Crippen LogP contribution is -2.11. The minimum absolute atomic E-state index is 0.502. The fourth-order valence-electron chi connectivity index (χ4n) is 1.70. The first-order valence-electron chi connectivity index (χ1n) is 5.61. The zero-order valence-corrected chi connectivity index (χ0v) is 12.0. The molecule has 0 saturated carbocycles. The van der Waals surface area contributed by atoms with Crippen molar-refractivity contribution in [3.8, 4) is 5.75 Å². The van der Waals surface area contributed by atoms with E-state index in [4.69, 9.17) is 4.74 Å². The van der Waals surface area contributed by atoms with Gasteiger partial charge in [-0.15, -0.1) is 0 Å². The van der Waals surface area contributed by atoms with Gasteiger partial charge in [-0.05, 0) is 49.2 Å². The molecule has 0 amide bonds. The van der Waals surface area contributed by atoms with E-state index in [0.717, 1.165) is 18.7 Å². The van der Waals surface area contributed by atoms with Crippen LogP contribution in [0.2, 0.25) is 0 Å². The van der Waals surface area contributed by atoms with Crippen molar-refractivity contribution in [3.63, 3.8) is 0 Å². The number of rotatable bonds is 5. The molecule has 1 aromatic rings. The fourth-order valence-corrected chi connectivity index (χ4v) is 2.55. The minimum atomic E-state index is 0.502. The Hall–Kier alpha value is -0.540. The van der Waals surface area contributed by atoms with Crippen LogP contribution in [0, 0.1) is 0 Å². The molecular formula is C13H20BrNO. The summed E-state index contributed by atoms with van der Waals surface area (Å²) in [4.78, 5) is 0. The third-order valence-corrected chi connectivity index (χ3v) is 3.35. The molecule has 0 fully saturated rings. The number of ether oxygens (including phenoxy) is 1. The highest BCUT2D eigenvalue weighted by Gasteiger charge is 2.11. The van der Waals surface area contributed by atoms with Crippen molar-refractivity contribution < 1.29 is 4.74 Å². The van der Waals surface area contributed by atoms with E-state index in [1.54, 1.807) is 7.11 Å². The van der Waals surface area contributed by atoms with E-state index in [-0.39, 0.29) is 0 Å². The average Bonchev–Trinajstić information content (AvgIpc) is 2.25. The summed E-state index contributed by atoms with van der Waals surface area (Å²) in [6, 6.07) is 4.31. The number of methoxy groups -OCH3 is 1. The minimum Gasteiger partial charge on any atom is -0.496 e. The van der Waals surface area contributed by atoms with Crippen molar-refractivity contribution in [2.45, 2.75) is 26.2 Å². The van der Waals surface area contributed by atoms with Crippen molar-refractivity contribution in [1.82, 2.24) is 5.32 Å². The average molecular weight is 286 g/mol. The Bertz CT molecular complexity index is 350. The molecule has 0 radical (unpaired) electrons. The number of hydrogen-bond donors (Lipinski definition) is 1. The van der Waals surface area contributed by atoms with Gasteiger partial charge in [0, 0.05) is 4.47 Å². The second-order valence-electron chi connectivity index (χ2n) is 4.19. The summed E-state index contributed by atoms with van der Waals surface area (Å²) < 4.78 is 6.61. The van der Waals surface area contributed by atoms with E-state index < -0.39 is 0 Å². The van der Waals surface area contributed by atoms with Gasteiger partial charge in [-0.3, -0.25) is 0 Å². The second kappa shape index (κ2) is 6.26. The first-order valence-corrected chi connectivity index (χ1v) is 6.40. The van der Waals surface area contributed by atoms with Gasteiger partial charge in [-0.2, -0.15) is 0 Å². The molecule has 1 N–H and O–H groups in total. The van der Waals surface area contributed by atoms with Crippen LogP contribution in [0.5, 0.6) is 5.75 Å². The summed E-state index contributed by atoms with van der Waals surface area (Å²) in [6.45, 7) is 5.34. The molecule has 0 unspecified atom stereocenters. The van der Waals surface area contributed by atoms with Gasteiger partial charge in [-0.25, -0.2) is 0 Å². The number of halogens is 1. The highest BCUT2D eigenvalue weighted by molar-refractivity contribution is 9.10. The van der Waals surface area contributed by atoms with Gasteiger partial charge in [0.15, 0.2) is 0 Å². The maximum atomic E-state index is 5.44. The van der Waals surface area contributed by atoms with Crippen molar-refractivity contribution >= 4 is 15.9 Å². The quantitative estimate of drug-likeness (QED) is 0.896. The zero-order valence-electron chi connectivity index (χ0n) is 10.4. The van der Waals surface area contributed by atoms with Crippen LogP contribution in [0.1, 0.15) is 30.9 Å². The Morgan fingerprint density at radius 1 is 1.38 bits per heavy atom. The van der Waals surface area contributed by atoms with E-state index in [1.165, 1.54) is 15.6 Å². The Labute approximate surface area is 107 Å². The summed E-state index contributed by atoms with van der Waals surface area (Å²) >= 11 is 3.63. The molecule has 1 rings (SSSR count). The molecule has 0 aliphatic heterocycles. The predicted molar refractivity (Wildman–Crippen MR) is 72.4 cm³/mol. The highest BCUT2D eigenvalue weighted by atomic mass is 79.9. The van der Waals surface area contributed by atoms with Crippen LogP contribution >= 0.6 is 15.9 Å². The van der Waals surface area contributed by atoms with Crippen LogP contribution in [0.4, 0.5) is 0 Å². The first-order chi connectivity index (χ1) is 7.60. The van der Waals surface area contributed by atoms with Crippen LogP contribution in [0.15, 0.2) is 16.6 Å². The Morgan fingerprint density at radius 2 is 2.06 bits per heavy atom. The van der Waals surface area contributed by atoms with Gasteiger partial charge in [0.2, 0.25) is 0 Å². The summed E-state index contributed by atoms with van der Waals surface area (Å²) in [5, 5.41) is 3.15. The maximum absolute atomic E-state index is 5.44. The van der Waals surface area contributed by atoms with Crippen LogP contribution in [-0.2, 0) is 6.42 Å². The second-order valence-corrected chi connectivity index (χ2v) is 5.05. The summed E-state index contributed by atoms with van der Waals surface area (Å²) in [5.74, 6) is 1.49. The molecule has 0 aliphatic rings. The van der Waals surface area contributed by atoms with Crippen molar-refractivity contribution in [2.24, 2.45) is 0 Å². The molecule has 3 heteroatoms. The molecule has 1 aromatic carbocycles. The van der Waals surface area contributed by atoms with Gasteiger partial charge in [0.05, 0.1) is 7.11 Å². The number of hydrogen-bond acceptors (Lipinski definition) is 2. The zero-order chi connectivity index (χ0) is 12.1. The summed E-state index contributed by atoms with van der Waals surface area (Å²) in [7, 11) is 3.69. The largest absolute Gasteiger partial charge is 0.496 e. The number of nitrogens with one attached hydrogen (secondary N) is 1. The van der Waals surface area contributed by atoms with Crippen LogP contribution in [-0.4, -0.2) is 20.7 Å². The third kappa shape index (κ3) is 3.22. The lowest BCUT2D eigenvalue weighted by molar-refractivity contribution is 0.408. The third-order valence-electron chi connectivity index (χ3n) is 2.67. The molecule has 0 aromatic heterocycles. The number of likely N-dealkylation sites (N-methyl/N-ethyl adjacent to an activating group) is 1. The first kappa shape index (κ1) is 13.5. The molecule has 0 saturated heterocycles. The molecule has 0 aliphatic carbocycles. The Balaban J connectivity index is 3.05. The SMILES string of the molecule is CNCCc1cc(Br)c(C(C)C)cc1OC. The lowest BCUT2D eigenvalue weighted by atomic mass is 10.00. The molecule has 0 spiro atoms. The van der Waals surface area contributed by atoms with Crippen LogP contribution < -0.4 is 10.1 Å². The van der Waals surface area contributed by atoms with E-state index in [0.29, 0.717) is 5.92 Å². The molecule has 0 bridgehead atoms. The number of benzene rings is 1. The summed E-state index contributed by atoms with van der Waals surface area (Å²) in [6.07, 6.45) is 0.983. The van der Waals surface area contributed by atoms with Gasteiger partial charge in [0.25, 0.3) is 0 Å². The van der Waals surface area contributed by atoms with E-state index >= 15 is 0 Å². The highest BCUT2D eigenvalue weighted by Crippen LogP contribution is 2.32. The fraction of sp³-hybridized carbons (Fsp3) is 0.538. The lowest BCUT2D eigenvalue weighted by Gasteiger charge is -2.15. The van der Waals surface area contributed by atoms with Crippen LogP contribution in [0.3, 0.4) is 0 Å². The topological polar surface area (TPSA) is 21.3 Å². The smallest absolute Gasteiger partial charge is 0.122 e. The molecule has 16 heavy (non-hydrogen) atoms. The standard InChI is InChI=1S/C13H20BrNO/c1-9(2)11-8-13(16-4)10(5-6-15-3)7-12(11)14/h7-9,15H,5-6H2,1-4H3. The van der Waals surface area contributed by atoms with Gasteiger partial charge < -0.3 is 10.1 Å². The predicted octanol–water partition coefficient (Wildman–Crippen LogP) is 3.34. The van der Waals surface area contributed by atoms with Crippen molar-refractivity contribution in [1.29, 1.82) is 0 Å². The Kier molecular flexibility index (Phi) is 5.29. The molecular weight excluding hydrogens is 266 g/mol. The van der Waals surface area contributed by atoms with Crippen molar-refractivity contribution in [2.75, 3.05) is 20.7 Å². The van der Waals surface area contributed by atoms with Crippen LogP contribution in [0.25, 0.3) is 0 Å². The maximum Gasteiger partial charge on any atom is 0.122 e. The molecule has 2 nitrogen and oxygen atoms in total. The van der Waals surface area contributed by atoms with Gasteiger partial charge >= 0.3 is 0 Å². The Morgan fingerprint density at radius 3 is 2.56 bits per heavy atom. The van der Waals surface area contributed by atoms with E-state index in [2.05, 4.69) is 47.2 Å². The van der Waals surface area contributed by atoms with Gasteiger partial charge in [-0.1, -0.05) is 29.8 Å². The van der Waals surface area contributed by atoms with Gasteiger partial charge in [0.1, 0.15) is 5.75 Å². The monoisotopic (exact) mass is 285 g/mol. The van der Waals surface area contributed by atoms with E-state index in [1.807, 2.05) is 7.05 Å². The molecule has 0 atom stereocenters. The van der Waals surface area contributed by atoms with Crippen molar-refractivity contribution in [3.05, 3.63) is 27.7 Å². The van der Waals surface area contributed by atoms with E-state index in [9.17, 15) is 0 Å².